The highest BCUT2D eigenvalue weighted by molar-refractivity contribution is 6.17. The Labute approximate surface area is 109 Å². The number of amides is 3. The Morgan fingerprint density at radius 3 is 2.58 bits per heavy atom. The van der Waals surface area contributed by atoms with Gasteiger partial charge in [-0.2, -0.15) is 4.99 Å². The summed E-state index contributed by atoms with van der Waals surface area (Å²) in [5.74, 6) is -3.57. The molecule has 0 spiro atoms. The van der Waals surface area contributed by atoms with Crippen molar-refractivity contribution in [2.45, 2.75) is 32.6 Å². The minimum Gasteiger partial charge on any atom is -0.481 e. The van der Waals surface area contributed by atoms with Crippen molar-refractivity contribution in [3.63, 3.8) is 0 Å². The molecule has 0 aliphatic carbocycles. The lowest BCUT2D eigenvalue weighted by molar-refractivity contribution is -0.137. The third kappa shape index (κ3) is 4.86. The number of carboxylic acid groups (broad SMARTS) is 1. The van der Waals surface area contributed by atoms with Crippen molar-refractivity contribution >= 4 is 29.7 Å². The second-order valence-electron chi connectivity index (χ2n) is 4.16. The lowest BCUT2D eigenvalue weighted by Crippen LogP contribution is -2.50. The number of unbranched alkanes of at least 4 members (excludes halogenated alkanes) is 1. The summed E-state index contributed by atoms with van der Waals surface area (Å²) in [6, 6.07) is 0. The average molecular weight is 269 g/mol. The zero-order valence-electron chi connectivity index (χ0n) is 10.4. The van der Waals surface area contributed by atoms with Crippen LogP contribution in [-0.4, -0.2) is 34.8 Å². The molecule has 1 aliphatic rings. The van der Waals surface area contributed by atoms with Crippen molar-refractivity contribution in [3.05, 3.63) is 0 Å². The Hall–Kier alpha value is -2.25. The highest BCUT2D eigenvalue weighted by atomic mass is 16.4. The molecule has 0 saturated carbocycles. The first-order chi connectivity index (χ1) is 8.90. The summed E-state index contributed by atoms with van der Waals surface area (Å²) in [5, 5.41) is 13.0. The van der Waals surface area contributed by atoms with Crippen LogP contribution in [0.1, 0.15) is 32.6 Å². The van der Waals surface area contributed by atoms with Gasteiger partial charge < -0.3 is 5.11 Å². The second-order valence-corrected chi connectivity index (χ2v) is 4.16. The molecule has 0 aromatic carbocycles. The lowest BCUT2D eigenvalue weighted by Gasteiger charge is -2.19. The maximum absolute atomic E-state index is 11.6. The second kappa shape index (κ2) is 6.62. The van der Waals surface area contributed by atoms with Crippen LogP contribution in [-0.2, 0) is 19.2 Å². The lowest BCUT2D eigenvalue weighted by atomic mass is 9.98. The van der Waals surface area contributed by atoms with Gasteiger partial charge in [-0.3, -0.25) is 29.8 Å². The zero-order valence-corrected chi connectivity index (χ0v) is 10.4. The Kier molecular flexibility index (Phi) is 5.16. The minimum absolute atomic E-state index is 0.00292. The molecule has 0 saturated heterocycles. The molecule has 8 nitrogen and oxygen atoms in total. The summed E-state index contributed by atoms with van der Waals surface area (Å²) in [5.41, 5.74) is 0. The molecule has 1 atom stereocenters. The van der Waals surface area contributed by atoms with Gasteiger partial charge in [0.05, 0.1) is 0 Å². The third-order valence-electron chi connectivity index (χ3n) is 2.51. The summed E-state index contributed by atoms with van der Waals surface area (Å²) in [4.78, 5) is 47.9. The van der Waals surface area contributed by atoms with E-state index in [4.69, 9.17) is 5.11 Å². The monoisotopic (exact) mass is 269 g/mol. The van der Waals surface area contributed by atoms with E-state index in [1.807, 2.05) is 0 Å². The number of hydrogen-bond donors (Lipinski definition) is 3. The summed E-state index contributed by atoms with van der Waals surface area (Å²) in [6.07, 6.45) is 1.09. The van der Waals surface area contributed by atoms with Gasteiger partial charge in [0.15, 0.2) is 0 Å². The average Bonchev–Trinajstić information content (AvgIpc) is 2.25. The summed E-state index contributed by atoms with van der Waals surface area (Å²) in [7, 11) is 0. The molecule has 1 aliphatic heterocycles. The quantitative estimate of drug-likeness (QED) is 0.454. The van der Waals surface area contributed by atoms with E-state index in [-0.39, 0.29) is 18.8 Å². The van der Waals surface area contributed by atoms with Gasteiger partial charge in [-0.15, -0.1) is 0 Å². The fourth-order valence-corrected chi connectivity index (χ4v) is 1.64. The molecule has 0 bridgehead atoms. The third-order valence-corrected chi connectivity index (χ3v) is 2.51. The van der Waals surface area contributed by atoms with Crippen LogP contribution in [0.4, 0.5) is 0 Å². The normalized spacial score (nSPS) is 18.6. The standard InChI is InChI=1S/C11H15N3O5/c1-6(15)12-11-13-9(18)7(10(19)14-11)4-2-3-5-8(16)17/h7H,2-5H2,1H3,(H,16,17)(H2,12,13,14,15,18,19). The van der Waals surface area contributed by atoms with Crippen molar-refractivity contribution in [3.8, 4) is 0 Å². The molecule has 0 fully saturated rings. The van der Waals surface area contributed by atoms with Crippen molar-refractivity contribution < 1.29 is 24.3 Å². The summed E-state index contributed by atoms with van der Waals surface area (Å²) < 4.78 is 0. The topological polar surface area (TPSA) is 125 Å². The molecular weight excluding hydrogens is 254 g/mol. The first-order valence-electron chi connectivity index (χ1n) is 5.83. The Bertz CT molecular complexity index is 444. The van der Waals surface area contributed by atoms with E-state index in [1.54, 1.807) is 0 Å². The van der Waals surface area contributed by atoms with Crippen molar-refractivity contribution in [1.29, 1.82) is 0 Å². The molecule has 0 aromatic rings. The maximum Gasteiger partial charge on any atom is 0.303 e. The molecule has 104 valence electrons. The SMILES string of the molecule is CC(=O)NC1=NC(=O)[C@H](CCCCC(=O)O)C(=O)N1. The Morgan fingerprint density at radius 2 is 2.05 bits per heavy atom. The van der Waals surface area contributed by atoms with Crippen molar-refractivity contribution in [2.75, 3.05) is 0 Å². The summed E-state index contributed by atoms with van der Waals surface area (Å²) in [6.45, 7) is 1.23. The largest absolute Gasteiger partial charge is 0.481 e. The molecule has 3 N–H and O–H groups in total. The van der Waals surface area contributed by atoms with Gasteiger partial charge in [0.25, 0.3) is 5.91 Å². The fraction of sp³-hybridized carbons (Fsp3) is 0.545. The Balaban J connectivity index is 2.50. The van der Waals surface area contributed by atoms with Gasteiger partial charge >= 0.3 is 5.97 Å². The molecule has 0 aromatic heterocycles. The van der Waals surface area contributed by atoms with Crippen molar-refractivity contribution in [1.82, 2.24) is 10.6 Å². The van der Waals surface area contributed by atoms with Gasteiger partial charge in [-0.05, 0) is 12.8 Å². The summed E-state index contributed by atoms with van der Waals surface area (Å²) >= 11 is 0. The number of nitrogens with zero attached hydrogens (tertiary/aromatic N) is 1. The van der Waals surface area contributed by atoms with Crippen LogP contribution in [0.15, 0.2) is 4.99 Å². The van der Waals surface area contributed by atoms with Crippen LogP contribution in [0.25, 0.3) is 0 Å². The number of carboxylic acids is 1. The predicted molar refractivity (Wildman–Crippen MR) is 64.0 cm³/mol. The number of rotatable bonds is 5. The fourth-order valence-electron chi connectivity index (χ4n) is 1.64. The maximum atomic E-state index is 11.6. The van der Waals surface area contributed by atoms with E-state index < -0.39 is 29.6 Å². The van der Waals surface area contributed by atoms with Gasteiger partial charge in [0, 0.05) is 13.3 Å². The number of carbonyl (C=O) groups is 4. The van der Waals surface area contributed by atoms with E-state index in [0.29, 0.717) is 12.8 Å². The molecule has 3 amide bonds. The highest BCUT2D eigenvalue weighted by Gasteiger charge is 2.31. The van der Waals surface area contributed by atoms with Gasteiger partial charge in [-0.1, -0.05) is 6.42 Å². The van der Waals surface area contributed by atoms with Crippen LogP contribution in [0.2, 0.25) is 0 Å². The molecule has 1 rings (SSSR count). The molecule has 0 unspecified atom stereocenters. The first-order valence-corrected chi connectivity index (χ1v) is 5.83. The number of carbonyl (C=O) groups excluding carboxylic acids is 3. The Morgan fingerprint density at radius 1 is 1.37 bits per heavy atom. The molecule has 1 heterocycles. The number of hydrogen-bond acceptors (Lipinski definition) is 4. The van der Waals surface area contributed by atoms with E-state index in [1.165, 1.54) is 6.92 Å². The van der Waals surface area contributed by atoms with E-state index >= 15 is 0 Å². The molecular formula is C11H15N3O5. The van der Waals surface area contributed by atoms with Gasteiger partial charge in [-0.25, -0.2) is 0 Å². The van der Waals surface area contributed by atoms with Gasteiger partial charge in [0.2, 0.25) is 17.8 Å². The van der Waals surface area contributed by atoms with Gasteiger partial charge in [0.1, 0.15) is 5.92 Å². The van der Waals surface area contributed by atoms with E-state index in [0.717, 1.165) is 0 Å². The smallest absolute Gasteiger partial charge is 0.303 e. The van der Waals surface area contributed by atoms with Crippen LogP contribution < -0.4 is 10.6 Å². The minimum atomic E-state index is -0.912. The highest BCUT2D eigenvalue weighted by Crippen LogP contribution is 2.14. The predicted octanol–water partition coefficient (Wildman–Crippen LogP) is -0.604. The molecule has 8 heteroatoms. The van der Waals surface area contributed by atoms with Crippen LogP contribution in [0.5, 0.6) is 0 Å². The number of guanidine groups is 1. The first kappa shape index (κ1) is 14.8. The molecule has 19 heavy (non-hydrogen) atoms. The van der Waals surface area contributed by atoms with Crippen LogP contribution in [0, 0.1) is 5.92 Å². The molecule has 0 radical (unpaired) electrons. The number of nitrogens with one attached hydrogen (secondary N) is 2. The van der Waals surface area contributed by atoms with Crippen LogP contribution >= 0.6 is 0 Å². The van der Waals surface area contributed by atoms with E-state index in [9.17, 15) is 19.2 Å². The van der Waals surface area contributed by atoms with Crippen molar-refractivity contribution in [2.24, 2.45) is 10.9 Å². The zero-order chi connectivity index (χ0) is 14.4. The number of aliphatic carboxylic acids is 1. The number of aliphatic imine (C=N–C) groups is 1. The van der Waals surface area contributed by atoms with Crippen LogP contribution in [0.3, 0.4) is 0 Å². The van der Waals surface area contributed by atoms with E-state index in [2.05, 4.69) is 15.6 Å².